The molecule has 0 unspecified atom stereocenters. The molecule has 2 aliphatic rings. The van der Waals surface area contributed by atoms with Crippen molar-refractivity contribution in [3.63, 3.8) is 0 Å². The number of carbonyl (C=O) groups excluding carboxylic acids is 1. The van der Waals surface area contributed by atoms with E-state index in [9.17, 15) is 9.59 Å². The molecule has 0 spiro atoms. The Morgan fingerprint density at radius 1 is 1.16 bits per heavy atom. The summed E-state index contributed by atoms with van der Waals surface area (Å²) in [5.41, 5.74) is 0. The Labute approximate surface area is 113 Å². The number of likely N-dealkylation sites (tertiary alicyclic amines) is 1. The molecule has 1 saturated heterocycles. The van der Waals surface area contributed by atoms with Gasteiger partial charge in [0.25, 0.3) is 0 Å². The standard InChI is InChI=1S/C14H23NO4/c1-2-19-10-6-8-15(9-7-10)13(16)11-4-3-5-12(11)14(17)18/h10-12H,2-9H2,1H3,(H,17,18)/t11-,12+/m1/s1. The van der Waals surface area contributed by atoms with Crippen LogP contribution in [0.15, 0.2) is 0 Å². The number of rotatable bonds is 4. The van der Waals surface area contributed by atoms with Gasteiger partial charge in [0.15, 0.2) is 0 Å². The van der Waals surface area contributed by atoms with Gasteiger partial charge in [0, 0.05) is 19.7 Å². The fourth-order valence-electron chi connectivity index (χ4n) is 3.26. The van der Waals surface area contributed by atoms with E-state index < -0.39 is 11.9 Å². The summed E-state index contributed by atoms with van der Waals surface area (Å²) in [7, 11) is 0. The lowest BCUT2D eigenvalue weighted by Gasteiger charge is -2.34. The molecule has 108 valence electrons. The van der Waals surface area contributed by atoms with Crippen LogP contribution in [0.4, 0.5) is 0 Å². The van der Waals surface area contributed by atoms with Crippen molar-refractivity contribution in [3.8, 4) is 0 Å². The molecule has 0 aromatic heterocycles. The topological polar surface area (TPSA) is 66.8 Å². The Hall–Kier alpha value is -1.10. The van der Waals surface area contributed by atoms with Crippen LogP contribution < -0.4 is 0 Å². The minimum atomic E-state index is -0.819. The van der Waals surface area contributed by atoms with Crippen molar-refractivity contribution >= 4 is 11.9 Å². The normalized spacial score (nSPS) is 28.6. The molecule has 1 aliphatic carbocycles. The van der Waals surface area contributed by atoms with E-state index in [0.717, 1.165) is 25.7 Å². The number of carboxylic acid groups (broad SMARTS) is 1. The van der Waals surface area contributed by atoms with Crippen LogP contribution in [0.3, 0.4) is 0 Å². The molecule has 0 aromatic rings. The summed E-state index contributed by atoms with van der Waals surface area (Å²) in [5.74, 6) is -1.56. The van der Waals surface area contributed by atoms with Crippen molar-refractivity contribution in [3.05, 3.63) is 0 Å². The summed E-state index contributed by atoms with van der Waals surface area (Å²) >= 11 is 0. The van der Waals surface area contributed by atoms with Gasteiger partial charge in [0.2, 0.25) is 5.91 Å². The van der Waals surface area contributed by atoms with Gasteiger partial charge >= 0.3 is 5.97 Å². The average molecular weight is 269 g/mol. The number of amides is 1. The predicted molar refractivity (Wildman–Crippen MR) is 69.7 cm³/mol. The van der Waals surface area contributed by atoms with Crippen LogP contribution in [-0.4, -0.2) is 47.7 Å². The van der Waals surface area contributed by atoms with E-state index >= 15 is 0 Å². The van der Waals surface area contributed by atoms with Gasteiger partial charge in [-0.15, -0.1) is 0 Å². The Kier molecular flexibility index (Phi) is 4.80. The van der Waals surface area contributed by atoms with Gasteiger partial charge in [0.05, 0.1) is 17.9 Å². The van der Waals surface area contributed by atoms with E-state index in [1.165, 1.54) is 0 Å². The lowest BCUT2D eigenvalue weighted by molar-refractivity contribution is -0.150. The first-order valence-corrected chi connectivity index (χ1v) is 7.26. The minimum absolute atomic E-state index is 0.0415. The number of carboxylic acids is 1. The Bertz CT molecular complexity index is 336. The van der Waals surface area contributed by atoms with Gasteiger partial charge in [-0.2, -0.15) is 0 Å². The van der Waals surface area contributed by atoms with Crippen molar-refractivity contribution in [1.29, 1.82) is 0 Å². The van der Waals surface area contributed by atoms with Crippen molar-refractivity contribution in [1.82, 2.24) is 4.90 Å². The molecule has 1 saturated carbocycles. The summed E-state index contributed by atoms with van der Waals surface area (Å²) in [6.07, 6.45) is 4.20. The van der Waals surface area contributed by atoms with Crippen molar-refractivity contribution in [2.75, 3.05) is 19.7 Å². The Morgan fingerprint density at radius 3 is 2.37 bits per heavy atom. The van der Waals surface area contributed by atoms with E-state index in [1.54, 1.807) is 0 Å². The molecular formula is C14H23NO4. The van der Waals surface area contributed by atoms with Gasteiger partial charge in [-0.3, -0.25) is 9.59 Å². The minimum Gasteiger partial charge on any atom is -0.481 e. The van der Waals surface area contributed by atoms with Crippen LogP contribution in [0.25, 0.3) is 0 Å². The number of aliphatic carboxylic acids is 1. The van der Waals surface area contributed by atoms with E-state index in [2.05, 4.69) is 0 Å². The second-order valence-electron chi connectivity index (χ2n) is 5.46. The third-order valence-electron chi connectivity index (χ3n) is 4.31. The van der Waals surface area contributed by atoms with Crippen LogP contribution in [0.2, 0.25) is 0 Å². The summed E-state index contributed by atoms with van der Waals surface area (Å²) in [6, 6.07) is 0. The lowest BCUT2D eigenvalue weighted by Crippen LogP contribution is -2.45. The molecule has 0 bridgehead atoms. The second kappa shape index (κ2) is 6.37. The van der Waals surface area contributed by atoms with Crippen molar-refractivity contribution in [2.45, 2.75) is 45.1 Å². The molecule has 0 aromatic carbocycles. The Morgan fingerprint density at radius 2 is 1.79 bits per heavy atom. The highest BCUT2D eigenvalue weighted by atomic mass is 16.5. The molecule has 19 heavy (non-hydrogen) atoms. The number of hydrogen-bond acceptors (Lipinski definition) is 3. The third-order valence-corrected chi connectivity index (χ3v) is 4.31. The largest absolute Gasteiger partial charge is 0.481 e. The average Bonchev–Trinajstić information content (AvgIpc) is 2.88. The first-order valence-electron chi connectivity index (χ1n) is 7.26. The maximum absolute atomic E-state index is 12.4. The van der Waals surface area contributed by atoms with Crippen LogP contribution in [0.5, 0.6) is 0 Å². The summed E-state index contributed by atoms with van der Waals surface area (Å²) in [4.78, 5) is 25.4. The van der Waals surface area contributed by atoms with Crippen LogP contribution >= 0.6 is 0 Å². The Balaban J connectivity index is 1.89. The van der Waals surface area contributed by atoms with Crippen LogP contribution in [0, 0.1) is 11.8 Å². The number of ether oxygens (including phenoxy) is 1. The monoisotopic (exact) mass is 269 g/mol. The maximum atomic E-state index is 12.4. The second-order valence-corrected chi connectivity index (χ2v) is 5.46. The van der Waals surface area contributed by atoms with Gasteiger partial charge in [-0.25, -0.2) is 0 Å². The number of nitrogens with zero attached hydrogens (tertiary/aromatic N) is 1. The summed E-state index contributed by atoms with van der Waals surface area (Å²) < 4.78 is 5.56. The SMILES string of the molecule is CCOC1CCN(C(=O)[C@@H]2CCC[C@@H]2C(=O)O)CC1. The van der Waals surface area contributed by atoms with Crippen LogP contribution in [-0.2, 0) is 14.3 Å². The van der Waals surface area contributed by atoms with Gasteiger partial charge in [0.1, 0.15) is 0 Å². The predicted octanol–water partition coefficient (Wildman–Crippen LogP) is 1.51. The van der Waals surface area contributed by atoms with Gasteiger partial charge in [-0.05, 0) is 32.6 Å². The van der Waals surface area contributed by atoms with Gasteiger partial charge < -0.3 is 14.7 Å². The first kappa shape index (κ1) is 14.3. The van der Waals surface area contributed by atoms with E-state index in [1.807, 2.05) is 11.8 Å². The highest BCUT2D eigenvalue weighted by molar-refractivity contribution is 5.85. The molecule has 5 nitrogen and oxygen atoms in total. The van der Waals surface area contributed by atoms with Crippen molar-refractivity contribution in [2.24, 2.45) is 11.8 Å². The molecule has 1 N–H and O–H groups in total. The molecule has 1 amide bonds. The smallest absolute Gasteiger partial charge is 0.307 e. The van der Waals surface area contributed by atoms with Gasteiger partial charge in [-0.1, -0.05) is 6.42 Å². The molecular weight excluding hydrogens is 246 g/mol. The molecule has 1 heterocycles. The highest BCUT2D eigenvalue weighted by Gasteiger charge is 2.40. The third kappa shape index (κ3) is 3.26. The molecule has 2 rings (SSSR count). The zero-order valence-electron chi connectivity index (χ0n) is 11.5. The maximum Gasteiger partial charge on any atom is 0.307 e. The highest BCUT2D eigenvalue weighted by Crippen LogP contribution is 2.34. The zero-order valence-corrected chi connectivity index (χ0v) is 11.5. The fourth-order valence-corrected chi connectivity index (χ4v) is 3.26. The number of hydrogen-bond donors (Lipinski definition) is 1. The lowest BCUT2D eigenvalue weighted by atomic mass is 9.93. The van der Waals surface area contributed by atoms with Crippen molar-refractivity contribution < 1.29 is 19.4 Å². The molecule has 1 aliphatic heterocycles. The molecule has 2 atom stereocenters. The fraction of sp³-hybridized carbons (Fsp3) is 0.857. The summed E-state index contributed by atoms with van der Waals surface area (Å²) in [5, 5.41) is 9.15. The quantitative estimate of drug-likeness (QED) is 0.840. The van der Waals surface area contributed by atoms with Crippen LogP contribution in [0.1, 0.15) is 39.0 Å². The first-order chi connectivity index (χ1) is 9.13. The number of piperidine rings is 1. The number of carbonyl (C=O) groups is 2. The van der Waals surface area contributed by atoms with E-state index in [4.69, 9.17) is 9.84 Å². The summed E-state index contributed by atoms with van der Waals surface area (Å²) in [6.45, 7) is 4.09. The van der Waals surface area contributed by atoms with E-state index in [0.29, 0.717) is 26.1 Å². The molecule has 0 radical (unpaired) electrons. The zero-order chi connectivity index (χ0) is 13.8. The molecule has 5 heteroatoms. The molecule has 2 fully saturated rings. The van der Waals surface area contributed by atoms with E-state index in [-0.39, 0.29) is 17.9 Å².